The Bertz CT molecular complexity index is 1810. The quantitative estimate of drug-likeness (QED) is 0.0788. The smallest absolute Gasteiger partial charge is 0.344 e. The van der Waals surface area contributed by atoms with Gasteiger partial charge in [0.25, 0.3) is 6.47 Å². The highest BCUT2D eigenvalue weighted by Crippen LogP contribution is 2.43. The van der Waals surface area contributed by atoms with E-state index < -0.39 is 47.9 Å². The summed E-state index contributed by atoms with van der Waals surface area (Å²) in [7, 11) is 0. The van der Waals surface area contributed by atoms with Gasteiger partial charge in [0.05, 0.1) is 6.61 Å². The lowest BCUT2D eigenvalue weighted by Crippen LogP contribution is -2.28. The maximum absolute atomic E-state index is 12.6. The molecule has 0 spiro atoms. The van der Waals surface area contributed by atoms with Gasteiger partial charge in [-0.15, -0.1) is 0 Å². The second-order valence-corrected chi connectivity index (χ2v) is 16.4. The standard InChI is InChI=1S/C36H50N2O10.C5H10O2/c1-11-42-27-12-21-22(13-28(27)43-18-31(39)46-34(2,3)4)26(17-38)24-15-30(45-20-33(41)48-36(8,9)10)29(14-23(24)25(21)16-37)44-19-32(40)47-35(5,6)7;1-5(2,3)7-4-6/h12-15H,11,16-20,37-38H2,1-10H3;4H,1-3H3. The van der Waals surface area contributed by atoms with E-state index in [1.165, 1.54) is 0 Å². The number of fused-ring (bicyclic) bond motifs is 2. The molecule has 0 heterocycles. The van der Waals surface area contributed by atoms with Crippen LogP contribution in [0.25, 0.3) is 21.5 Å². The van der Waals surface area contributed by atoms with Gasteiger partial charge < -0.3 is 49.4 Å². The fourth-order valence-electron chi connectivity index (χ4n) is 5.12. The SMILES string of the molecule is CC(C)(C)OC=O.CCOc1cc2c(CN)c3cc(OCC(=O)OC(C)(C)C)c(OCC(=O)OC(C)(C)C)cc3c(CN)c2cc1OCC(=O)OC(C)(C)C. The molecule has 306 valence electrons. The highest BCUT2D eigenvalue weighted by molar-refractivity contribution is 6.08. The van der Waals surface area contributed by atoms with E-state index in [0.717, 1.165) is 10.9 Å². The summed E-state index contributed by atoms with van der Waals surface area (Å²) in [5.74, 6) is -0.596. The van der Waals surface area contributed by atoms with Crippen molar-refractivity contribution < 1.29 is 57.1 Å². The summed E-state index contributed by atoms with van der Waals surface area (Å²) in [5.41, 5.74) is 11.7. The average Bonchev–Trinajstić information content (AvgIpc) is 3.01. The average molecular weight is 773 g/mol. The molecule has 3 aromatic carbocycles. The molecule has 55 heavy (non-hydrogen) atoms. The van der Waals surface area contributed by atoms with E-state index in [0.29, 0.717) is 46.3 Å². The van der Waals surface area contributed by atoms with Crippen molar-refractivity contribution in [1.82, 2.24) is 0 Å². The summed E-state index contributed by atoms with van der Waals surface area (Å²) in [6.07, 6.45) is 0. The van der Waals surface area contributed by atoms with E-state index in [1.807, 2.05) is 27.7 Å². The van der Waals surface area contributed by atoms with Gasteiger partial charge in [0.1, 0.15) is 22.4 Å². The molecule has 0 amide bonds. The number of hydrogen-bond donors (Lipinski definition) is 2. The molecular weight excluding hydrogens is 712 g/mol. The molecule has 0 unspecified atom stereocenters. The van der Waals surface area contributed by atoms with Crippen LogP contribution >= 0.6 is 0 Å². The molecule has 4 N–H and O–H groups in total. The molecule has 3 rings (SSSR count). The van der Waals surface area contributed by atoms with Crippen molar-refractivity contribution >= 4 is 45.9 Å². The van der Waals surface area contributed by atoms with Crippen molar-refractivity contribution in [3.8, 4) is 23.0 Å². The Labute approximate surface area is 324 Å². The number of carbonyl (C=O) groups is 4. The van der Waals surface area contributed by atoms with Crippen LogP contribution in [0.3, 0.4) is 0 Å². The summed E-state index contributed by atoms with van der Waals surface area (Å²) in [6.45, 7) is 23.0. The Morgan fingerprint density at radius 2 is 0.782 bits per heavy atom. The number of carbonyl (C=O) groups excluding carboxylic acids is 4. The fraction of sp³-hybridized carbons (Fsp3) is 0.561. The Morgan fingerprint density at radius 3 is 0.964 bits per heavy atom. The van der Waals surface area contributed by atoms with Crippen molar-refractivity contribution in [2.45, 2.75) is 126 Å². The summed E-state index contributed by atoms with van der Waals surface area (Å²) in [5, 5.41) is 2.84. The van der Waals surface area contributed by atoms with Gasteiger partial charge in [0, 0.05) is 13.1 Å². The van der Waals surface area contributed by atoms with Crippen LogP contribution in [0.4, 0.5) is 0 Å². The van der Waals surface area contributed by atoms with E-state index in [9.17, 15) is 19.2 Å². The number of benzene rings is 3. The predicted molar refractivity (Wildman–Crippen MR) is 209 cm³/mol. The summed E-state index contributed by atoms with van der Waals surface area (Å²) < 4.78 is 44.5. The molecule has 3 aromatic rings. The van der Waals surface area contributed by atoms with Crippen LogP contribution in [-0.4, -0.2) is 73.2 Å². The molecule has 14 heteroatoms. The minimum Gasteiger partial charge on any atom is -0.490 e. The molecule has 0 aliphatic rings. The van der Waals surface area contributed by atoms with Crippen LogP contribution in [0.15, 0.2) is 24.3 Å². The second-order valence-electron chi connectivity index (χ2n) is 16.4. The summed E-state index contributed by atoms with van der Waals surface area (Å²) in [6, 6.07) is 6.97. The number of nitrogens with two attached hydrogens (primary N) is 2. The highest BCUT2D eigenvalue weighted by Gasteiger charge is 2.24. The molecule has 0 aliphatic heterocycles. The number of rotatable bonds is 14. The van der Waals surface area contributed by atoms with E-state index in [1.54, 1.807) is 86.6 Å². The van der Waals surface area contributed by atoms with Gasteiger partial charge in [-0.25, -0.2) is 14.4 Å². The van der Waals surface area contributed by atoms with Gasteiger partial charge in [-0.2, -0.15) is 0 Å². The van der Waals surface area contributed by atoms with E-state index in [2.05, 4.69) is 4.74 Å². The molecule has 14 nitrogen and oxygen atoms in total. The van der Waals surface area contributed by atoms with Crippen LogP contribution in [0, 0.1) is 0 Å². The van der Waals surface area contributed by atoms with Gasteiger partial charge in [-0.3, -0.25) is 4.79 Å². The van der Waals surface area contributed by atoms with Gasteiger partial charge in [0.15, 0.2) is 42.8 Å². The minimum absolute atomic E-state index is 0.0982. The fourth-order valence-corrected chi connectivity index (χ4v) is 5.12. The normalized spacial score (nSPS) is 11.9. The van der Waals surface area contributed by atoms with E-state index in [4.69, 9.17) is 44.6 Å². The lowest BCUT2D eigenvalue weighted by Gasteiger charge is -2.23. The summed E-state index contributed by atoms with van der Waals surface area (Å²) >= 11 is 0. The Kier molecular flexibility index (Phi) is 16.1. The van der Waals surface area contributed by atoms with Crippen LogP contribution in [0.1, 0.15) is 101 Å². The zero-order chi connectivity index (χ0) is 41.9. The third kappa shape index (κ3) is 15.4. The predicted octanol–water partition coefficient (Wildman–Crippen LogP) is 6.43. The first kappa shape index (κ1) is 46.3. The zero-order valence-corrected chi connectivity index (χ0v) is 34.7. The molecule has 0 atom stereocenters. The van der Waals surface area contributed by atoms with Gasteiger partial charge in [0.2, 0.25) is 0 Å². The lowest BCUT2D eigenvalue weighted by atomic mass is 9.90. The molecule has 0 bridgehead atoms. The Balaban J connectivity index is 0.00000136. The van der Waals surface area contributed by atoms with Gasteiger partial charge >= 0.3 is 17.9 Å². The van der Waals surface area contributed by atoms with Gasteiger partial charge in [-0.05, 0) is 147 Å². The van der Waals surface area contributed by atoms with Crippen molar-refractivity contribution in [2.24, 2.45) is 11.5 Å². The van der Waals surface area contributed by atoms with Crippen molar-refractivity contribution in [3.63, 3.8) is 0 Å². The Morgan fingerprint density at radius 1 is 0.509 bits per heavy atom. The van der Waals surface area contributed by atoms with Crippen molar-refractivity contribution in [2.75, 3.05) is 26.4 Å². The number of hydrogen-bond acceptors (Lipinski definition) is 14. The van der Waals surface area contributed by atoms with E-state index >= 15 is 0 Å². The lowest BCUT2D eigenvalue weighted by molar-refractivity contribution is -0.158. The first-order chi connectivity index (χ1) is 25.3. The van der Waals surface area contributed by atoms with Gasteiger partial charge in [-0.1, -0.05) is 0 Å². The van der Waals surface area contributed by atoms with Crippen LogP contribution in [0.2, 0.25) is 0 Å². The molecular formula is C41H60N2O12. The van der Waals surface area contributed by atoms with Crippen LogP contribution in [-0.2, 0) is 51.2 Å². The number of esters is 3. The summed E-state index contributed by atoms with van der Waals surface area (Å²) in [4.78, 5) is 47.2. The zero-order valence-electron chi connectivity index (χ0n) is 34.7. The first-order valence-corrected chi connectivity index (χ1v) is 18.1. The second kappa shape index (κ2) is 19.2. The van der Waals surface area contributed by atoms with E-state index in [-0.39, 0.29) is 36.8 Å². The minimum atomic E-state index is -0.717. The topological polar surface area (TPSA) is 194 Å². The van der Waals surface area contributed by atoms with Crippen molar-refractivity contribution in [3.05, 3.63) is 35.4 Å². The molecule has 0 saturated carbocycles. The molecule has 0 aromatic heterocycles. The number of ether oxygens (including phenoxy) is 8. The third-order valence-electron chi connectivity index (χ3n) is 6.87. The largest absolute Gasteiger partial charge is 0.490 e. The molecule has 0 radical (unpaired) electrons. The molecule has 0 aliphatic carbocycles. The molecule has 0 fully saturated rings. The van der Waals surface area contributed by atoms with Crippen LogP contribution in [0.5, 0.6) is 23.0 Å². The monoisotopic (exact) mass is 772 g/mol. The molecule has 0 saturated heterocycles. The van der Waals surface area contributed by atoms with Crippen molar-refractivity contribution in [1.29, 1.82) is 0 Å². The highest BCUT2D eigenvalue weighted by atomic mass is 16.6. The Hall–Kier alpha value is -4.82. The maximum atomic E-state index is 12.6. The third-order valence-corrected chi connectivity index (χ3v) is 6.87. The first-order valence-electron chi connectivity index (χ1n) is 18.1. The van der Waals surface area contributed by atoms with Crippen LogP contribution < -0.4 is 30.4 Å². The maximum Gasteiger partial charge on any atom is 0.344 e.